The molecule has 57 heavy (non-hydrogen) atoms. The maximum absolute atomic E-state index is 13.8. The molecule has 1 unspecified atom stereocenters. The molecule has 4 aromatic rings. The van der Waals surface area contributed by atoms with Gasteiger partial charge < -0.3 is 40.2 Å². The molecule has 0 spiro atoms. The van der Waals surface area contributed by atoms with E-state index in [-0.39, 0.29) is 50.6 Å². The van der Waals surface area contributed by atoms with Crippen LogP contribution in [0.2, 0.25) is 0 Å². The molecule has 0 bridgehead atoms. The second-order valence-electron chi connectivity index (χ2n) is 12.4. The fourth-order valence-electron chi connectivity index (χ4n) is 5.17. The van der Waals surface area contributed by atoms with E-state index in [9.17, 15) is 34.1 Å². The van der Waals surface area contributed by atoms with Gasteiger partial charge in [0.15, 0.2) is 0 Å². The molecule has 0 saturated heterocycles. The molecule has 16 heteroatoms. The molecule has 298 valence electrons. The number of rotatable bonds is 20. The Balaban J connectivity index is 1.38. The number of carbonyl (C=O) groups is 5. The standard InChI is InChI=1S/C41H43N5O11/c1-2-25-54-39(49)42-24-10-9-15-35(44-38(48)36(26-29-11-5-3-6-12-29)45-40(50)55-27-30-13-7-4-8-14-30)37(47)43-32-18-16-31(17-19-32)28-56-41(51)57-34-22-20-33(21-23-34)46(52)53/h2-8,11-14,16-23,35-36H,1,9-10,15,24-28H2,(H,42,49)(H,43,47)(H,44,48)(H,45,50)/t35?,36-/m0/s1. The number of nitrogens with one attached hydrogen (secondary N) is 4. The Morgan fingerprint density at radius 3 is 1.96 bits per heavy atom. The average molecular weight is 782 g/mol. The van der Waals surface area contributed by atoms with Gasteiger partial charge in [-0.3, -0.25) is 19.7 Å². The third kappa shape index (κ3) is 15.6. The summed E-state index contributed by atoms with van der Waals surface area (Å²) in [7, 11) is 0. The van der Waals surface area contributed by atoms with E-state index in [2.05, 4.69) is 27.8 Å². The summed E-state index contributed by atoms with van der Waals surface area (Å²) >= 11 is 0. The number of nitrogens with zero attached hydrogens (tertiary/aromatic N) is 1. The van der Waals surface area contributed by atoms with Crippen LogP contribution < -0.4 is 26.0 Å². The van der Waals surface area contributed by atoms with Gasteiger partial charge in [0.05, 0.1) is 4.92 Å². The predicted molar refractivity (Wildman–Crippen MR) is 208 cm³/mol. The molecule has 0 fully saturated rings. The van der Waals surface area contributed by atoms with Gasteiger partial charge in [-0.25, -0.2) is 14.4 Å². The SMILES string of the molecule is C=CCOC(=O)NCCCCC(NC(=O)[C@H](Cc1ccccc1)NC(=O)OCc1ccccc1)C(=O)Nc1ccc(COC(=O)Oc2ccc([N+](=O)[O-])cc2)cc1. The van der Waals surface area contributed by atoms with Crippen molar-refractivity contribution < 1.29 is 47.8 Å². The van der Waals surface area contributed by atoms with E-state index < -0.39 is 47.2 Å². The van der Waals surface area contributed by atoms with Crippen LogP contribution in [-0.4, -0.2) is 60.3 Å². The summed E-state index contributed by atoms with van der Waals surface area (Å²) in [5, 5.41) is 21.7. The van der Waals surface area contributed by atoms with Crippen molar-refractivity contribution in [1.82, 2.24) is 16.0 Å². The lowest BCUT2D eigenvalue weighted by Gasteiger charge is -2.23. The number of amides is 4. The molecule has 0 radical (unpaired) electrons. The summed E-state index contributed by atoms with van der Waals surface area (Å²) in [6.07, 6.45) is 0.176. The maximum Gasteiger partial charge on any atom is 0.514 e. The minimum absolute atomic E-state index is 0.0102. The molecule has 16 nitrogen and oxygen atoms in total. The molecular weight excluding hydrogens is 738 g/mol. The molecule has 0 aromatic heterocycles. The van der Waals surface area contributed by atoms with Crippen molar-refractivity contribution in [2.75, 3.05) is 18.5 Å². The highest BCUT2D eigenvalue weighted by Crippen LogP contribution is 2.18. The Bertz CT molecular complexity index is 1940. The Labute approximate surface area is 328 Å². The van der Waals surface area contributed by atoms with E-state index in [1.807, 2.05) is 36.4 Å². The first-order valence-electron chi connectivity index (χ1n) is 17.9. The van der Waals surface area contributed by atoms with Gasteiger partial charge in [0.25, 0.3) is 5.69 Å². The van der Waals surface area contributed by atoms with Crippen LogP contribution >= 0.6 is 0 Å². The molecule has 0 heterocycles. The summed E-state index contributed by atoms with van der Waals surface area (Å²) in [5.41, 5.74) is 2.31. The van der Waals surface area contributed by atoms with Crippen molar-refractivity contribution in [2.45, 2.75) is 51.0 Å². The van der Waals surface area contributed by atoms with Gasteiger partial charge in [0, 0.05) is 30.8 Å². The smallest absolute Gasteiger partial charge is 0.445 e. The molecule has 4 N–H and O–H groups in total. The lowest BCUT2D eigenvalue weighted by atomic mass is 10.0. The number of benzene rings is 4. The average Bonchev–Trinajstić information content (AvgIpc) is 3.22. The van der Waals surface area contributed by atoms with Crippen molar-refractivity contribution in [3.05, 3.63) is 149 Å². The third-order valence-corrected chi connectivity index (χ3v) is 8.09. The Hall–Kier alpha value is -7.23. The minimum Gasteiger partial charge on any atom is -0.445 e. The van der Waals surface area contributed by atoms with E-state index in [0.717, 1.165) is 11.1 Å². The van der Waals surface area contributed by atoms with Crippen molar-refractivity contribution in [1.29, 1.82) is 0 Å². The first-order chi connectivity index (χ1) is 27.6. The molecule has 0 aliphatic carbocycles. The summed E-state index contributed by atoms with van der Waals surface area (Å²) in [5.74, 6) is -1.09. The summed E-state index contributed by atoms with van der Waals surface area (Å²) in [6.45, 7) is 3.64. The van der Waals surface area contributed by atoms with Crippen molar-refractivity contribution in [3.63, 3.8) is 0 Å². The number of alkyl carbamates (subject to hydrolysis) is 2. The number of hydrogen-bond donors (Lipinski definition) is 4. The van der Waals surface area contributed by atoms with Crippen LogP contribution in [0.25, 0.3) is 0 Å². The highest BCUT2D eigenvalue weighted by molar-refractivity contribution is 5.98. The number of carbonyl (C=O) groups excluding carboxylic acids is 5. The van der Waals surface area contributed by atoms with Gasteiger partial charge in [0.1, 0.15) is 37.7 Å². The number of anilines is 1. The minimum atomic E-state index is -1.10. The highest BCUT2D eigenvalue weighted by Gasteiger charge is 2.28. The van der Waals surface area contributed by atoms with Crippen molar-refractivity contribution >= 4 is 41.5 Å². The van der Waals surface area contributed by atoms with Gasteiger partial charge in [-0.15, -0.1) is 0 Å². The van der Waals surface area contributed by atoms with E-state index >= 15 is 0 Å². The van der Waals surface area contributed by atoms with Crippen molar-refractivity contribution in [2.24, 2.45) is 0 Å². The van der Waals surface area contributed by atoms with Gasteiger partial charge >= 0.3 is 18.3 Å². The number of non-ortho nitro benzene ring substituents is 1. The molecule has 2 atom stereocenters. The fraction of sp³-hybridized carbons (Fsp3) is 0.244. The third-order valence-electron chi connectivity index (χ3n) is 8.09. The van der Waals surface area contributed by atoms with Crippen LogP contribution in [0.3, 0.4) is 0 Å². The second-order valence-corrected chi connectivity index (χ2v) is 12.4. The summed E-state index contributed by atoms with van der Waals surface area (Å²) in [4.78, 5) is 74.6. The van der Waals surface area contributed by atoms with Gasteiger partial charge in [0.2, 0.25) is 11.8 Å². The Morgan fingerprint density at radius 1 is 0.684 bits per heavy atom. The van der Waals surface area contributed by atoms with Crippen LogP contribution in [0.5, 0.6) is 5.75 Å². The zero-order valence-electron chi connectivity index (χ0n) is 30.9. The summed E-state index contributed by atoms with van der Waals surface area (Å²) in [6, 6.07) is 27.3. The predicted octanol–water partition coefficient (Wildman–Crippen LogP) is 6.35. The van der Waals surface area contributed by atoms with E-state index in [1.165, 1.54) is 30.3 Å². The van der Waals surface area contributed by atoms with E-state index in [0.29, 0.717) is 24.1 Å². The lowest BCUT2D eigenvalue weighted by molar-refractivity contribution is -0.384. The monoisotopic (exact) mass is 781 g/mol. The first-order valence-corrected chi connectivity index (χ1v) is 17.9. The molecule has 0 aliphatic heterocycles. The molecule has 0 aliphatic rings. The molecule has 4 aromatic carbocycles. The lowest BCUT2D eigenvalue weighted by Crippen LogP contribution is -2.53. The van der Waals surface area contributed by atoms with E-state index in [1.54, 1.807) is 48.5 Å². The Morgan fingerprint density at radius 2 is 1.32 bits per heavy atom. The zero-order valence-corrected chi connectivity index (χ0v) is 30.9. The second kappa shape index (κ2) is 22.9. The van der Waals surface area contributed by atoms with Crippen LogP contribution in [0, 0.1) is 10.1 Å². The quantitative estimate of drug-likeness (QED) is 0.0147. The Kier molecular flexibility index (Phi) is 17.1. The van der Waals surface area contributed by atoms with Gasteiger partial charge in [-0.05, 0) is 60.2 Å². The molecule has 4 amide bonds. The number of unbranched alkanes of at least 4 members (excludes halogenated alkanes) is 1. The van der Waals surface area contributed by atoms with Crippen molar-refractivity contribution in [3.8, 4) is 5.75 Å². The molecule has 0 saturated carbocycles. The fourth-order valence-corrected chi connectivity index (χ4v) is 5.17. The maximum atomic E-state index is 13.8. The van der Waals surface area contributed by atoms with Crippen LogP contribution in [0.1, 0.15) is 36.0 Å². The number of nitro groups is 1. The summed E-state index contributed by atoms with van der Waals surface area (Å²) < 4.78 is 20.5. The van der Waals surface area contributed by atoms with Crippen LogP contribution in [0.15, 0.2) is 122 Å². The van der Waals surface area contributed by atoms with Crippen LogP contribution in [-0.2, 0) is 43.4 Å². The molecular formula is C41H43N5O11. The normalized spacial score (nSPS) is 11.4. The van der Waals surface area contributed by atoms with E-state index in [4.69, 9.17) is 18.9 Å². The first kappa shape index (κ1) is 42.5. The van der Waals surface area contributed by atoms with Crippen LogP contribution in [0.4, 0.5) is 25.8 Å². The zero-order chi connectivity index (χ0) is 40.8. The molecule has 4 rings (SSSR count). The number of hydrogen-bond acceptors (Lipinski definition) is 11. The number of ether oxygens (including phenoxy) is 4. The highest BCUT2D eigenvalue weighted by atomic mass is 16.7. The topological polar surface area (TPSA) is 214 Å². The van der Waals surface area contributed by atoms with Gasteiger partial charge in [-0.1, -0.05) is 85.5 Å². The van der Waals surface area contributed by atoms with Gasteiger partial charge in [-0.2, -0.15) is 0 Å². The number of nitro benzene ring substituents is 1. The largest absolute Gasteiger partial charge is 0.514 e.